The molecule has 29 heavy (non-hydrogen) atoms. The van der Waals surface area contributed by atoms with E-state index in [9.17, 15) is 9.59 Å². The Hall–Kier alpha value is -2.71. The van der Waals surface area contributed by atoms with E-state index in [0.29, 0.717) is 23.5 Å². The first kappa shape index (κ1) is 22.6. The predicted molar refractivity (Wildman–Crippen MR) is 114 cm³/mol. The van der Waals surface area contributed by atoms with E-state index in [0.717, 1.165) is 30.1 Å². The average molecular weight is 418 g/mol. The van der Waals surface area contributed by atoms with Crippen LogP contribution < -0.4 is 10.6 Å². The minimum absolute atomic E-state index is 0.0495. The highest BCUT2D eigenvalue weighted by Crippen LogP contribution is 2.28. The van der Waals surface area contributed by atoms with Gasteiger partial charge >= 0.3 is 0 Å². The first-order chi connectivity index (χ1) is 14.1. The van der Waals surface area contributed by atoms with Gasteiger partial charge in [-0.05, 0) is 62.7 Å². The zero-order valence-corrected chi connectivity index (χ0v) is 17.3. The van der Waals surface area contributed by atoms with Gasteiger partial charge in [0.05, 0.1) is 4.88 Å². The maximum Gasteiger partial charge on any atom is 0.290 e. The molecule has 1 fully saturated rings. The van der Waals surface area contributed by atoms with Gasteiger partial charge in [-0.3, -0.25) is 14.4 Å². The van der Waals surface area contributed by atoms with Gasteiger partial charge < -0.3 is 20.6 Å². The van der Waals surface area contributed by atoms with Crippen molar-refractivity contribution in [2.24, 2.45) is 0 Å². The zero-order chi connectivity index (χ0) is 21.1. The largest absolute Gasteiger partial charge is 0.483 e. The molecule has 0 radical (unpaired) electrons. The van der Waals surface area contributed by atoms with Gasteiger partial charge in [0.25, 0.3) is 18.3 Å². The van der Waals surface area contributed by atoms with Crippen LogP contribution in [0.1, 0.15) is 39.8 Å². The molecule has 2 amide bonds. The van der Waals surface area contributed by atoms with Crippen molar-refractivity contribution < 1.29 is 19.5 Å². The van der Waals surface area contributed by atoms with Crippen LogP contribution in [0.25, 0.3) is 10.4 Å². The number of hydrogen-bond acceptors (Lipinski definition) is 5. The number of benzene rings is 1. The molecule has 1 aromatic heterocycles. The number of thiophene rings is 1. The number of carboxylic acid groups (broad SMARTS) is 1. The second-order valence-electron chi connectivity index (χ2n) is 6.51. The summed E-state index contributed by atoms with van der Waals surface area (Å²) in [5, 5.41) is 12.7. The fraction of sp³-hybridized carbons (Fsp3) is 0.381. The molecule has 0 atom stereocenters. The van der Waals surface area contributed by atoms with Crippen LogP contribution in [0.15, 0.2) is 36.4 Å². The number of carbonyl (C=O) groups excluding carboxylic acids is 2. The molecule has 0 unspecified atom stereocenters. The first-order valence-electron chi connectivity index (χ1n) is 9.66. The first-order valence-corrected chi connectivity index (χ1v) is 10.5. The number of amides is 2. The molecule has 1 saturated heterocycles. The van der Waals surface area contributed by atoms with Gasteiger partial charge in [-0.2, -0.15) is 0 Å². The van der Waals surface area contributed by atoms with E-state index in [1.54, 1.807) is 0 Å². The normalized spacial score (nSPS) is 13.3. The molecule has 156 valence electrons. The van der Waals surface area contributed by atoms with E-state index in [4.69, 9.17) is 9.90 Å². The molecule has 7 nitrogen and oxygen atoms in total. The Kier molecular flexibility index (Phi) is 9.33. The summed E-state index contributed by atoms with van der Waals surface area (Å²) in [4.78, 5) is 36.7. The predicted octanol–water partition coefficient (Wildman–Crippen LogP) is 2.69. The quantitative estimate of drug-likeness (QED) is 0.602. The lowest BCUT2D eigenvalue weighted by molar-refractivity contribution is -0.122. The third-order valence-corrected chi connectivity index (χ3v) is 5.62. The smallest absolute Gasteiger partial charge is 0.290 e. The number of nitrogens with zero attached hydrogens (tertiary/aromatic N) is 1. The molecule has 2 aromatic rings. The third kappa shape index (κ3) is 6.99. The van der Waals surface area contributed by atoms with E-state index in [-0.39, 0.29) is 18.3 Å². The number of hydrogen-bond donors (Lipinski definition) is 3. The minimum atomic E-state index is -0.250. The molecule has 0 aliphatic carbocycles. The van der Waals surface area contributed by atoms with Crippen LogP contribution in [0, 0.1) is 0 Å². The van der Waals surface area contributed by atoms with E-state index in [1.807, 2.05) is 43.3 Å². The topological polar surface area (TPSA) is 98.7 Å². The molecule has 1 aliphatic heterocycles. The van der Waals surface area contributed by atoms with Gasteiger partial charge in [0.1, 0.15) is 0 Å². The fourth-order valence-corrected chi connectivity index (χ4v) is 4.03. The van der Waals surface area contributed by atoms with Gasteiger partial charge in [0.15, 0.2) is 0 Å². The van der Waals surface area contributed by atoms with E-state index in [1.165, 1.54) is 24.2 Å². The molecular weight excluding hydrogens is 390 g/mol. The Morgan fingerprint density at radius 3 is 2.55 bits per heavy atom. The summed E-state index contributed by atoms with van der Waals surface area (Å²) in [5.41, 5.74) is 1.61. The van der Waals surface area contributed by atoms with Crippen LogP contribution in [0.3, 0.4) is 0 Å². The van der Waals surface area contributed by atoms with Crippen LogP contribution in [-0.2, 0) is 4.79 Å². The molecule has 0 saturated carbocycles. The lowest BCUT2D eigenvalue weighted by atomic mass is 10.1. The molecule has 2 heterocycles. The molecule has 3 N–H and O–H groups in total. The standard InChI is InChI=1S/C20H25N3O2S.CH2O2/c1-2-21-20(25)18-9-8-17(26-18)15-6-5-7-16(14-15)19(24)22-10-13-23-11-3-4-12-23;2-1-3/h5-9,14H,2-4,10-13H2,1H3,(H,21,25)(H,22,24);1H,(H,2,3). The monoisotopic (exact) mass is 417 g/mol. The Morgan fingerprint density at radius 2 is 1.86 bits per heavy atom. The van der Waals surface area contributed by atoms with Crippen molar-refractivity contribution in [3.63, 3.8) is 0 Å². The number of rotatable bonds is 7. The van der Waals surface area contributed by atoms with Crippen molar-refractivity contribution in [1.82, 2.24) is 15.5 Å². The Bertz CT molecular complexity index is 816. The summed E-state index contributed by atoms with van der Waals surface area (Å²) < 4.78 is 0. The van der Waals surface area contributed by atoms with Crippen LogP contribution in [0.5, 0.6) is 0 Å². The van der Waals surface area contributed by atoms with Gasteiger partial charge in [-0.1, -0.05) is 12.1 Å². The molecular formula is C21H27N3O4S. The summed E-state index contributed by atoms with van der Waals surface area (Å²) in [7, 11) is 0. The summed E-state index contributed by atoms with van der Waals surface area (Å²) in [6, 6.07) is 11.3. The van der Waals surface area contributed by atoms with Gasteiger partial charge in [-0.15, -0.1) is 11.3 Å². The van der Waals surface area contributed by atoms with Gasteiger partial charge in [0.2, 0.25) is 0 Å². The van der Waals surface area contributed by atoms with Crippen molar-refractivity contribution >= 4 is 29.6 Å². The van der Waals surface area contributed by atoms with Crippen molar-refractivity contribution in [1.29, 1.82) is 0 Å². The summed E-state index contributed by atoms with van der Waals surface area (Å²) >= 11 is 1.44. The maximum atomic E-state index is 12.4. The second-order valence-corrected chi connectivity index (χ2v) is 7.60. The molecule has 8 heteroatoms. The fourth-order valence-electron chi connectivity index (χ4n) is 3.11. The molecule has 0 bridgehead atoms. The molecule has 1 aromatic carbocycles. The summed E-state index contributed by atoms with van der Waals surface area (Å²) in [6.07, 6.45) is 2.52. The Morgan fingerprint density at radius 1 is 1.14 bits per heavy atom. The van der Waals surface area contributed by atoms with Crippen molar-refractivity contribution in [2.75, 3.05) is 32.7 Å². The number of nitrogens with one attached hydrogen (secondary N) is 2. The zero-order valence-electron chi connectivity index (χ0n) is 16.5. The van der Waals surface area contributed by atoms with E-state index in [2.05, 4.69) is 15.5 Å². The number of carbonyl (C=O) groups is 3. The molecule has 1 aliphatic rings. The summed E-state index contributed by atoms with van der Waals surface area (Å²) in [6.45, 7) is 6.11. The van der Waals surface area contributed by atoms with Crippen LogP contribution in [-0.4, -0.2) is 61.0 Å². The van der Waals surface area contributed by atoms with Crippen LogP contribution >= 0.6 is 11.3 Å². The second kappa shape index (κ2) is 12.0. The maximum absolute atomic E-state index is 12.4. The Balaban J connectivity index is 0.000000941. The lowest BCUT2D eigenvalue weighted by Crippen LogP contribution is -2.33. The lowest BCUT2D eigenvalue weighted by Gasteiger charge is -2.14. The SMILES string of the molecule is CCNC(=O)c1ccc(-c2cccc(C(=O)NCCN3CCCC3)c2)s1.O=CO. The van der Waals surface area contributed by atoms with Crippen LogP contribution in [0.2, 0.25) is 0 Å². The summed E-state index contributed by atoms with van der Waals surface area (Å²) in [5.74, 6) is -0.105. The highest BCUT2D eigenvalue weighted by Gasteiger charge is 2.13. The van der Waals surface area contributed by atoms with Crippen molar-refractivity contribution in [3.8, 4) is 10.4 Å². The highest BCUT2D eigenvalue weighted by molar-refractivity contribution is 7.17. The van der Waals surface area contributed by atoms with Gasteiger partial charge in [0, 0.05) is 30.1 Å². The Labute approximate surface area is 174 Å². The molecule has 0 spiro atoms. The van der Waals surface area contributed by atoms with Crippen LogP contribution in [0.4, 0.5) is 0 Å². The van der Waals surface area contributed by atoms with Crippen molar-refractivity contribution in [3.05, 3.63) is 46.8 Å². The average Bonchev–Trinajstić information content (AvgIpc) is 3.41. The van der Waals surface area contributed by atoms with Gasteiger partial charge in [-0.25, -0.2) is 0 Å². The van der Waals surface area contributed by atoms with E-state index >= 15 is 0 Å². The third-order valence-electron chi connectivity index (χ3n) is 4.49. The highest BCUT2D eigenvalue weighted by atomic mass is 32.1. The minimum Gasteiger partial charge on any atom is -0.483 e. The van der Waals surface area contributed by atoms with Crippen molar-refractivity contribution in [2.45, 2.75) is 19.8 Å². The molecule has 3 rings (SSSR count). The van der Waals surface area contributed by atoms with E-state index < -0.39 is 0 Å². The number of likely N-dealkylation sites (tertiary alicyclic amines) is 1.